The standard InChI is InChI=1S/C14H26N4O/c1-10-11(2)17-18(12(10)3)9-7-6-8-14(4,16-5)13(15)19/h16H,6-9H2,1-5H3,(H2,15,19). The molecule has 1 heterocycles. The Bertz CT molecular complexity index is 453. The highest BCUT2D eigenvalue weighted by Crippen LogP contribution is 2.15. The fraction of sp³-hybridized carbons (Fsp3) is 0.714. The Balaban J connectivity index is 2.47. The van der Waals surface area contributed by atoms with Gasteiger partial charge in [-0.05, 0) is 59.6 Å². The van der Waals surface area contributed by atoms with E-state index >= 15 is 0 Å². The maximum absolute atomic E-state index is 11.4. The Morgan fingerprint density at radius 1 is 1.37 bits per heavy atom. The Kier molecular flexibility index (Phi) is 5.11. The zero-order chi connectivity index (χ0) is 14.6. The fourth-order valence-electron chi connectivity index (χ4n) is 2.12. The number of amides is 1. The zero-order valence-electron chi connectivity index (χ0n) is 12.7. The molecular formula is C14H26N4O. The van der Waals surface area contributed by atoms with E-state index in [0.29, 0.717) is 0 Å². The van der Waals surface area contributed by atoms with Gasteiger partial charge >= 0.3 is 0 Å². The number of carbonyl (C=O) groups excluding carboxylic acids is 1. The summed E-state index contributed by atoms with van der Waals surface area (Å²) in [5, 5.41) is 7.51. The minimum absolute atomic E-state index is 0.294. The van der Waals surface area contributed by atoms with Crippen molar-refractivity contribution in [3.8, 4) is 0 Å². The number of hydrogen-bond acceptors (Lipinski definition) is 3. The van der Waals surface area contributed by atoms with Crippen molar-refractivity contribution in [3.05, 3.63) is 17.0 Å². The average molecular weight is 266 g/mol. The molecule has 0 bridgehead atoms. The summed E-state index contributed by atoms with van der Waals surface area (Å²) >= 11 is 0. The molecule has 0 saturated carbocycles. The van der Waals surface area contributed by atoms with E-state index < -0.39 is 5.54 Å². The minimum Gasteiger partial charge on any atom is -0.368 e. The molecule has 0 aliphatic heterocycles. The molecule has 0 saturated heterocycles. The Labute approximate surface area is 115 Å². The van der Waals surface area contributed by atoms with Crippen LogP contribution in [0, 0.1) is 20.8 Å². The van der Waals surface area contributed by atoms with Crippen LogP contribution >= 0.6 is 0 Å². The molecule has 3 N–H and O–H groups in total. The molecule has 0 spiro atoms. The van der Waals surface area contributed by atoms with Crippen LogP contribution in [0.4, 0.5) is 0 Å². The number of nitrogens with one attached hydrogen (secondary N) is 1. The lowest BCUT2D eigenvalue weighted by Gasteiger charge is -2.25. The molecule has 1 atom stereocenters. The summed E-state index contributed by atoms with van der Waals surface area (Å²) in [4.78, 5) is 11.4. The normalized spacial score (nSPS) is 14.4. The van der Waals surface area contributed by atoms with Gasteiger partial charge in [0.25, 0.3) is 0 Å². The predicted octanol–water partition coefficient (Wildman–Crippen LogP) is 1.44. The van der Waals surface area contributed by atoms with Crippen LogP contribution in [-0.4, -0.2) is 28.3 Å². The highest BCUT2D eigenvalue weighted by atomic mass is 16.1. The molecule has 0 aliphatic carbocycles. The van der Waals surface area contributed by atoms with Crippen LogP contribution in [0.5, 0.6) is 0 Å². The van der Waals surface area contributed by atoms with Crippen LogP contribution in [0.1, 0.15) is 43.1 Å². The summed E-state index contributed by atoms with van der Waals surface area (Å²) in [6.07, 6.45) is 2.68. The Morgan fingerprint density at radius 2 is 2.00 bits per heavy atom. The van der Waals surface area contributed by atoms with Crippen molar-refractivity contribution in [2.45, 2.75) is 59.0 Å². The summed E-state index contributed by atoms with van der Waals surface area (Å²) in [5.74, 6) is -0.294. The molecule has 1 aromatic heterocycles. The summed E-state index contributed by atoms with van der Waals surface area (Å²) in [6, 6.07) is 0. The number of aryl methyl sites for hydroxylation is 2. The van der Waals surface area contributed by atoms with Crippen LogP contribution in [0.25, 0.3) is 0 Å². The lowest BCUT2D eigenvalue weighted by Crippen LogP contribution is -2.51. The lowest BCUT2D eigenvalue weighted by molar-refractivity contribution is -0.123. The van der Waals surface area contributed by atoms with E-state index in [1.807, 2.05) is 18.5 Å². The summed E-state index contributed by atoms with van der Waals surface area (Å²) < 4.78 is 2.05. The first-order chi connectivity index (χ1) is 8.81. The van der Waals surface area contributed by atoms with Crippen LogP contribution in [0.15, 0.2) is 0 Å². The number of primary amides is 1. The van der Waals surface area contributed by atoms with Crippen LogP contribution in [-0.2, 0) is 11.3 Å². The second-order valence-corrected chi connectivity index (χ2v) is 5.42. The molecule has 108 valence electrons. The SMILES string of the molecule is CNC(C)(CCCCn1nc(C)c(C)c1C)C(N)=O. The van der Waals surface area contributed by atoms with Gasteiger partial charge in [-0.3, -0.25) is 9.48 Å². The number of hydrogen-bond donors (Lipinski definition) is 2. The topological polar surface area (TPSA) is 72.9 Å². The van der Waals surface area contributed by atoms with E-state index in [2.05, 4.69) is 24.3 Å². The fourth-order valence-corrected chi connectivity index (χ4v) is 2.12. The molecule has 0 fully saturated rings. The molecule has 1 aromatic rings. The maximum atomic E-state index is 11.4. The van der Waals surface area contributed by atoms with Crippen LogP contribution < -0.4 is 11.1 Å². The van der Waals surface area contributed by atoms with Crippen LogP contribution in [0.2, 0.25) is 0 Å². The molecule has 5 nitrogen and oxygen atoms in total. The van der Waals surface area contributed by atoms with E-state index in [4.69, 9.17) is 5.73 Å². The van der Waals surface area contributed by atoms with Crippen molar-refractivity contribution in [1.29, 1.82) is 0 Å². The van der Waals surface area contributed by atoms with E-state index in [1.54, 1.807) is 7.05 Å². The van der Waals surface area contributed by atoms with E-state index in [1.165, 1.54) is 11.3 Å². The number of rotatable bonds is 7. The van der Waals surface area contributed by atoms with Gasteiger partial charge in [0.05, 0.1) is 11.2 Å². The van der Waals surface area contributed by atoms with Crippen molar-refractivity contribution in [3.63, 3.8) is 0 Å². The van der Waals surface area contributed by atoms with Crippen molar-refractivity contribution in [2.24, 2.45) is 5.73 Å². The molecule has 0 radical (unpaired) electrons. The molecule has 1 rings (SSSR count). The summed E-state index contributed by atoms with van der Waals surface area (Å²) in [7, 11) is 1.77. The van der Waals surface area contributed by atoms with Gasteiger partial charge in [-0.2, -0.15) is 5.10 Å². The Hall–Kier alpha value is -1.36. The van der Waals surface area contributed by atoms with E-state index in [-0.39, 0.29) is 5.91 Å². The van der Waals surface area contributed by atoms with Gasteiger partial charge in [-0.15, -0.1) is 0 Å². The van der Waals surface area contributed by atoms with Gasteiger partial charge in [0.1, 0.15) is 0 Å². The second-order valence-electron chi connectivity index (χ2n) is 5.42. The average Bonchev–Trinajstić information content (AvgIpc) is 2.61. The molecule has 0 aromatic carbocycles. The van der Waals surface area contributed by atoms with Gasteiger partial charge in [0.2, 0.25) is 5.91 Å². The third-order valence-corrected chi connectivity index (χ3v) is 4.14. The quantitative estimate of drug-likeness (QED) is 0.733. The molecule has 19 heavy (non-hydrogen) atoms. The minimum atomic E-state index is -0.606. The van der Waals surface area contributed by atoms with Gasteiger partial charge in [-0.1, -0.05) is 0 Å². The first-order valence-electron chi connectivity index (χ1n) is 6.81. The third kappa shape index (κ3) is 3.56. The number of nitrogens with zero attached hydrogens (tertiary/aromatic N) is 2. The van der Waals surface area contributed by atoms with E-state index in [9.17, 15) is 4.79 Å². The summed E-state index contributed by atoms with van der Waals surface area (Å²) in [6.45, 7) is 8.96. The largest absolute Gasteiger partial charge is 0.368 e. The summed E-state index contributed by atoms with van der Waals surface area (Å²) in [5.41, 5.74) is 8.38. The van der Waals surface area contributed by atoms with Crippen molar-refractivity contribution >= 4 is 5.91 Å². The number of unbranched alkanes of at least 4 members (excludes halogenated alkanes) is 1. The number of carbonyl (C=O) groups is 1. The molecule has 0 aliphatic rings. The predicted molar refractivity (Wildman–Crippen MR) is 76.9 cm³/mol. The van der Waals surface area contributed by atoms with Crippen LogP contribution in [0.3, 0.4) is 0 Å². The van der Waals surface area contributed by atoms with Crippen molar-refractivity contribution < 1.29 is 4.79 Å². The monoisotopic (exact) mass is 266 g/mol. The molecule has 1 unspecified atom stereocenters. The number of nitrogens with two attached hydrogens (primary N) is 1. The third-order valence-electron chi connectivity index (χ3n) is 4.14. The molecule has 5 heteroatoms. The van der Waals surface area contributed by atoms with Crippen molar-refractivity contribution in [1.82, 2.24) is 15.1 Å². The lowest BCUT2D eigenvalue weighted by atomic mass is 9.94. The number of aromatic nitrogens is 2. The smallest absolute Gasteiger partial charge is 0.237 e. The van der Waals surface area contributed by atoms with Crippen molar-refractivity contribution in [2.75, 3.05) is 7.05 Å². The highest BCUT2D eigenvalue weighted by Gasteiger charge is 2.27. The second kappa shape index (κ2) is 6.19. The first kappa shape index (κ1) is 15.7. The number of likely N-dealkylation sites (N-methyl/N-ethyl adjacent to an activating group) is 1. The maximum Gasteiger partial charge on any atom is 0.237 e. The first-order valence-corrected chi connectivity index (χ1v) is 6.81. The Morgan fingerprint density at radius 3 is 2.42 bits per heavy atom. The highest BCUT2D eigenvalue weighted by molar-refractivity contribution is 5.84. The molecule has 1 amide bonds. The molecular weight excluding hydrogens is 240 g/mol. The van der Waals surface area contributed by atoms with Gasteiger partial charge in [0, 0.05) is 12.2 Å². The van der Waals surface area contributed by atoms with E-state index in [0.717, 1.165) is 31.5 Å². The zero-order valence-corrected chi connectivity index (χ0v) is 12.7. The van der Waals surface area contributed by atoms with Gasteiger partial charge in [-0.25, -0.2) is 0 Å². The van der Waals surface area contributed by atoms with Gasteiger partial charge < -0.3 is 11.1 Å². The van der Waals surface area contributed by atoms with Gasteiger partial charge in [0.15, 0.2) is 0 Å².